The van der Waals surface area contributed by atoms with Crippen molar-refractivity contribution in [2.24, 2.45) is 0 Å². The van der Waals surface area contributed by atoms with Crippen molar-refractivity contribution in [2.45, 2.75) is 32.9 Å². The highest BCUT2D eigenvalue weighted by Gasteiger charge is 2.26. The van der Waals surface area contributed by atoms with Gasteiger partial charge in [0.2, 0.25) is 0 Å². The average molecular weight is 397 g/mol. The summed E-state index contributed by atoms with van der Waals surface area (Å²) in [5, 5.41) is 11.7. The fourth-order valence-electron chi connectivity index (χ4n) is 3.47. The van der Waals surface area contributed by atoms with Gasteiger partial charge >= 0.3 is 0 Å². The topological polar surface area (TPSA) is 75.9 Å². The number of hydrogen-bond acceptors (Lipinski definition) is 5. The van der Waals surface area contributed by atoms with Gasteiger partial charge in [0.1, 0.15) is 5.69 Å². The van der Waals surface area contributed by atoms with Gasteiger partial charge in [-0.05, 0) is 31.0 Å². The molecule has 0 N–H and O–H groups in total. The van der Waals surface area contributed by atoms with Gasteiger partial charge in [-0.15, -0.1) is 0 Å². The second-order valence-corrected chi connectivity index (χ2v) is 7.24. The van der Waals surface area contributed by atoms with Crippen LogP contribution >= 0.6 is 0 Å². The number of benzene rings is 2. The fraction of sp³-hybridized carbons (Fsp3) is 0.409. The molecule has 1 amide bonds. The standard InChI is InChI=1S/C22H27N3O4/c1-3-17(2)24(16-18-7-5-4-6-8-18)22(26)19-9-10-20(21(15-19)25(27)28)23-11-13-29-14-12-23/h4-10,15,17H,3,11-14,16H2,1-2H3. The third-order valence-corrected chi connectivity index (χ3v) is 5.35. The normalized spacial score (nSPS) is 15.0. The Labute approximate surface area is 171 Å². The van der Waals surface area contributed by atoms with Crippen molar-refractivity contribution in [2.75, 3.05) is 31.2 Å². The second-order valence-electron chi connectivity index (χ2n) is 7.24. The van der Waals surface area contributed by atoms with Crippen molar-refractivity contribution in [1.29, 1.82) is 0 Å². The number of morpholine rings is 1. The molecule has 1 fully saturated rings. The van der Waals surface area contributed by atoms with Crippen LogP contribution in [0.3, 0.4) is 0 Å². The molecule has 1 aliphatic rings. The largest absolute Gasteiger partial charge is 0.378 e. The van der Waals surface area contributed by atoms with Crippen molar-refractivity contribution < 1.29 is 14.5 Å². The van der Waals surface area contributed by atoms with Crippen LogP contribution < -0.4 is 4.90 Å². The van der Waals surface area contributed by atoms with E-state index in [4.69, 9.17) is 4.74 Å². The van der Waals surface area contributed by atoms with Gasteiger partial charge in [-0.3, -0.25) is 14.9 Å². The van der Waals surface area contributed by atoms with Crippen LogP contribution in [0.2, 0.25) is 0 Å². The van der Waals surface area contributed by atoms with E-state index in [-0.39, 0.29) is 17.6 Å². The van der Waals surface area contributed by atoms with Crippen LogP contribution in [-0.4, -0.2) is 48.1 Å². The van der Waals surface area contributed by atoms with E-state index in [9.17, 15) is 14.9 Å². The summed E-state index contributed by atoms with van der Waals surface area (Å²) in [6.07, 6.45) is 0.798. The minimum Gasteiger partial charge on any atom is -0.378 e. The van der Waals surface area contributed by atoms with Gasteiger partial charge in [0.25, 0.3) is 11.6 Å². The zero-order valence-electron chi connectivity index (χ0n) is 16.9. The second kappa shape index (κ2) is 9.52. The lowest BCUT2D eigenvalue weighted by atomic mass is 10.1. The van der Waals surface area contributed by atoms with Crippen LogP contribution in [0.5, 0.6) is 0 Å². The fourth-order valence-corrected chi connectivity index (χ4v) is 3.47. The van der Waals surface area contributed by atoms with Gasteiger partial charge in [-0.2, -0.15) is 0 Å². The minimum absolute atomic E-state index is 0.0145. The maximum absolute atomic E-state index is 13.3. The Bertz CT molecular complexity index is 850. The van der Waals surface area contributed by atoms with E-state index in [1.807, 2.05) is 49.1 Å². The molecule has 0 bridgehead atoms. The zero-order chi connectivity index (χ0) is 20.8. The first-order chi connectivity index (χ1) is 14.0. The summed E-state index contributed by atoms with van der Waals surface area (Å²) in [5.41, 5.74) is 1.86. The maximum atomic E-state index is 13.3. The molecule has 0 spiro atoms. The van der Waals surface area contributed by atoms with E-state index >= 15 is 0 Å². The number of rotatable bonds is 7. The number of hydrogen-bond donors (Lipinski definition) is 0. The van der Waals surface area contributed by atoms with Gasteiger partial charge in [0, 0.05) is 37.3 Å². The van der Waals surface area contributed by atoms with E-state index in [0.717, 1.165) is 12.0 Å². The van der Waals surface area contributed by atoms with Gasteiger partial charge in [-0.25, -0.2) is 0 Å². The lowest BCUT2D eigenvalue weighted by Gasteiger charge is -2.30. The predicted molar refractivity (Wildman–Crippen MR) is 112 cm³/mol. The van der Waals surface area contributed by atoms with E-state index < -0.39 is 4.92 Å². The van der Waals surface area contributed by atoms with E-state index in [0.29, 0.717) is 44.1 Å². The molecule has 1 aliphatic heterocycles. The number of nitro benzene ring substituents is 1. The first kappa shape index (κ1) is 20.8. The Kier molecular flexibility index (Phi) is 6.82. The van der Waals surface area contributed by atoms with Gasteiger partial charge in [0.05, 0.1) is 18.1 Å². The van der Waals surface area contributed by atoms with Crippen LogP contribution in [0.4, 0.5) is 11.4 Å². The van der Waals surface area contributed by atoms with Gasteiger partial charge in [-0.1, -0.05) is 37.3 Å². The summed E-state index contributed by atoms with van der Waals surface area (Å²) in [4.78, 5) is 28.3. The molecule has 0 aliphatic carbocycles. The molecule has 2 aromatic rings. The SMILES string of the molecule is CCC(C)N(Cc1ccccc1)C(=O)c1ccc(N2CCOCC2)c([N+](=O)[O-])c1. The molecular formula is C22H27N3O4. The molecule has 0 aromatic heterocycles. The number of carbonyl (C=O) groups excluding carboxylic acids is 1. The maximum Gasteiger partial charge on any atom is 0.293 e. The van der Waals surface area contributed by atoms with E-state index in [1.165, 1.54) is 6.07 Å². The Morgan fingerprint density at radius 3 is 2.52 bits per heavy atom. The number of nitrogens with zero attached hydrogens (tertiary/aromatic N) is 3. The minimum atomic E-state index is -0.410. The molecular weight excluding hydrogens is 370 g/mol. The van der Waals surface area contributed by atoms with Crippen LogP contribution in [0.1, 0.15) is 36.2 Å². The van der Waals surface area contributed by atoms with Crippen molar-refractivity contribution >= 4 is 17.3 Å². The monoisotopic (exact) mass is 397 g/mol. The summed E-state index contributed by atoms with van der Waals surface area (Å²) in [6.45, 7) is 6.76. The first-order valence-electron chi connectivity index (χ1n) is 9.97. The van der Waals surface area contributed by atoms with E-state index in [2.05, 4.69) is 0 Å². The van der Waals surface area contributed by atoms with Crippen molar-refractivity contribution in [3.63, 3.8) is 0 Å². The summed E-state index contributed by atoms with van der Waals surface area (Å²) in [7, 11) is 0. The number of amides is 1. The number of ether oxygens (including phenoxy) is 1. The lowest BCUT2D eigenvalue weighted by Crippen LogP contribution is -2.38. The predicted octanol–water partition coefficient (Wildman–Crippen LogP) is 3.87. The van der Waals surface area contributed by atoms with Crippen molar-refractivity contribution in [3.8, 4) is 0 Å². The quantitative estimate of drug-likeness (QED) is 0.524. The molecule has 2 aromatic carbocycles. The first-order valence-corrected chi connectivity index (χ1v) is 9.97. The summed E-state index contributed by atoms with van der Waals surface area (Å²) < 4.78 is 5.34. The third kappa shape index (κ3) is 4.92. The molecule has 3 rings (SSSR count). The van der Waals surface area contributed by atoms with Crippen LogP contribution in [-0.2, 0) is 11.3 Å². The molecule has 7 nitrogen and oxygen atoms in total. The molecule has 154 valence electrons. The van der Waals surface area contributed by atoms with Crippen LogP contribution in [0.25, 0.3) is 0 Å². The highest BCUT2D eigenvalue weighted by Crippen LogP contribution is 2.31. The number of nitro groups is 1. The van der Waals surface area contributed by atoms with Crippen LogP contribution in [0, 0.1) is 10.1 Å². The highest BCUT2D eigenvalue weighted by atomic mass is 16.6. The smallest absolute Gasteiger partial charge is 0.293 e. The number of carbonyl (C=O) groups is 1. The van der Waals surface area contributed by atoms with Crippen LogP contribution in [0.15, 0.2) is 48.5 Å². The Balaban J connectivity index is 1.91. The van der Waals surface area contributed by atoms with Crippen molar-refractivity contribution in [3.05, 3.63) is 69.8 Å². The Hall–Kier alpha value is -2.93. The number of anilines is 1. The molecule has 1 atom stereocenters. The molecule has 1 heterocycles. The zero-order valence-corrected chi connectivity index (χ0v) is 16.9. The lowest BCUT2D eigenvalue weighted by molar-refractivity contribution is -0.384. The third-order valence-electron chi connectivity index (χ3n) is 5.35. The van der Waals surface area contributed by atoms with Crippen molar-refractivity contribution in [1.82, 2.24) is 4.90 Å². The Morgan fingerprint density at radius 2 is 1.90 bits per heavy atom. The van der Waals surface area contributed by atoms with Gasteiger partial charge in [0.15, 0.2) is 0 Å². The molecule has 7 heteroatoms. The summed E-state index contributed by atoms with van der Waals surface area (Å²) in [6, 6.07) is 14.6. The van der Waals surface area contributed by atoms with Gasteiger partial charge < -0.3 is 14.5 Å². The summed E-state index contributed by atoms with van der Waals surface area (Å²) >= 11 is 0. The molecule has 1 unspecified atom stereocenters. The summed E-state index contributed by atoms with van der Waals surface area (Å²) in [5.74, 6) is -0.195. The molecule has 29 heavy (non-hydrogen) atoms. The average Bonchev–Trinajstić information content (AvgIpc) is 2.77. The Morgan fingerprint density at radius 1 is 1.21 bits per heavy atom. The molecule has 0 saturated carbocycles. The molecule has 0 radical (unpaired) electrons. The molecule has 1 saturated heterocycles. The van der Waals surface area contributed by atoms with E-state index in [1.54, 1.807) is 17.0 Å². The highest BCUT2D eigenvalue weighted by molar-refractivity contribution is 5.96.